The molecule has 4 N–H and O–H groups in total. The molecule has 3 aliphatic rings. The van der Waals surface area contributed by atoms with Crippen molar-refractivity contribution in [3.05, 3.63) is 54.1 Å². The molecule has 1 unspecified atom stereocenters. The number of pyridine rings is 2. The van der Waals surface area contributed by atoms with Crippen LogP contribution in [0.4, 0.5) is 19.3 Å². The van der Waals surface area contributed by atoms with Crippen molar-refractivity contribution in [1.82, 2.24) is 25.5 Å². The molecule has 4 aromatic rings. The lowest BCUT2D eigenvalue weighted by Crippen LogP contribution is -2.34. The minimum atomic E-state index is -1.06. The lowest BCUT2D eigenvalue weighted by atomic mass is 9.80. The molecular weight excluding hydrogens is 506 g/mol. The van der Waals surface area contributed by atoms with E-state index < -0.39 is 17.5 Å². The van der Waals surface area contributed by atoms with E-state index in [2.05, 4.69) is 30.8 Å². The Labute approximate surface area is 223 Å². The molecule has 3 aliphatic carbocycles. The number of carbonyl (C=O) groups is 1. The molecular formula is C28H28F2N6O3. The van der Waals surface area contributed by atoms with Crippen molar-refractivity contribution >= 4 is 22.8 Å². The summed E-state index contributed by atoms with van der Waals surface area (Å²) >= 11 is 0. The molecule has 3 saturated carbocycles. The van der Waals surface area contributed by atoms with Crippen LogP contribution in [-0.4, -0.2) is 56.7 Å². The predicted molar refractivity (Wildman–Crippen MR) is 142 cm³/mol. The molecule has 3 heterocycles. The van der Waals surface area contributed by atoms with E-state index in [1.165, 1.54) is 6.07 Å². The van der Waals surface area contributed by atoms with E-state index in [0.29, 0.717) is 59.8 Å². The fourth-order valence-corrected chi connectivity index (χ4v) is 5.82. The molecule has 202 valence electrons. The number of hydrogen-bond acceptors (Lipinski definition) is 6. The molecule has 7 rings (SSSR count). The normalized spacial score (nSPS) is 21.5. The number of aliphatic hydroxyl groups is 1. The molecule has 1 atom stereocenters. The summed E-state index contributed by atoms with van der Waals surface area (Å²) in [5.74, 6) is 0.130. The highest BCUT2D eigenvalue weighted by molar-refractivity contribution is 5.93. The van der Waals surface area contributed by atoms with Crippen molar-refractivity contribution in [3.8, 4) is 28.3 Å². The van der Waals surface area contributed by atoms with Gasteiger partial charge in [0.25, 0.3) is 0 Å². The van der Waals surface area contributed by atoms with Crippen molar-refractivity contribution in [2.45, 2.75) is 31.9 Å². The first-order valence-electron chi connectivity index (χ1n) is 12.9. The summed E-state index contributed by atoms with van der Waals surface area (Å²) in [6, 6.07) is 7.75. The number of aromatic amines is 1. The summed E-state index contributed by atoms with van der Waals surface area (Å²) in [5.41, 5.74) is 2.89. The second-order valence-corrected chi connectivity index (χ2v) is 10.4. The van der Waals surface area contributed by atoms with Crippen molar-refractivity contribution in [2.24, 2.45) is 11.8 Å². The van der Waals surface area contributed by atoms with Gasteiger partial charge in [0.1, 0.15) is 18.1 Å². The van der Waals surface area contributed by atoms with Crippen LogP contribution in [0.2, 0.25) is 0 Å². The zero-order valence-electron chi connectivity index (χ0n) is 21.3. The highest BCUT2D eigenvalue weighted by Crippen LogP contribution is 2.57. The van der Waals surface area contributed by atoms with Crippen LogP contribution in [-0.2, 0) is 0 Å². The first-order chi connectivity index (χ1) is 18.8. The molecule has 39 heavy (non-hydrogen) atoms. The van der Waals surface area contributed by atoms with Gasteiger partial charge in [-0.25, -0.2) is 23.5 Å². The Morgan fingerprint density at radius 3 is 2.85 bits per heavy atom. The molecule has 0 radical (unpaired) electrons. The van der Waals surface area contributed by atoms with E-state index >= 15 is 0 Å². The van der Waals surface area contributed by atoms with Gasteiger partial charge in [-0.1, -0.05) is 0 Å². The standard InChI is InChI=1S/C28H28F2N6O3/c1-15-6-22(29)24(35-27(38)32-13-18-12-28(30)10-17(18)11-28)9-20(15)16-7-23(34-25(8-16)39-5-4-37)19-2-3-31-26-21(19)14-33-36-26/h2-3,6-9,14,17-18,37H,4-5,10-13H2,1H3,(H,31,33,36)(H2,32,35,38). The summed E-state index contributed by atoms with van der Waals surface area (Å²) in [5, 5.41) is 22.3. The number of halogens is 2. The highest BCUT2D eigenvalue weighted by atomic mass is 19.1. The molecule has 9 nitrogen and oxygen atoms in total. The Balaban J connectivity index is 1.29. The number of hydrogen-bond donors (Lipinski definition) is 4. The van der Waals surface area contributed by atoms with E-state index in [4.69, 9.17) is 4.74 Å². The molecule has 3 aromatic heterocycles. The number of anilines is 1. The fourth-order valence-electron chi connectivity index (χ4n) is 5.82. The Morgan fingerprint density at radius 2 is 2.08 bits per heavy atom. The van der Waals surface area contributed by atoms with Gasteiger partial charge < -0.3 is 20.5 Å². The van der Waals surface area contributed by atoms with Gasteiger partial charge in [-0.2, -0.15) is 5.10 Å². The van der Waals surface area contributed by atoms with Gasteiger partial charge in [0.05, 0.1) is 24.2 Å². The zero-order valence-corrected chi connectivity index (χ0v) is 21.3. The molecule has 2 bridgehead atoms. The molecule has 0 aliphatic heterocycles. The van der Waals surface area contributed by atoms with E-state index in [0.717, 1.165) is 10.9 Å². The number of nitrogens with zero attached hydrogens (tertiary/aromatic N) is 3. The molecule has 11 heteroatoms. The first kappa shape index (κ1) is 25.2. The maximum atomic E-state index is 14.9. The molecule has 2 amide bonds. The van der Waals surface area contributed by atoms with Crippen molar-refractivity contribution in [2.75, 3.05) is 25.1 Å². The smallest absolute Gasteiger partial charge is 0.319 e. The van der Waals surface area contributed by atoms with Crippen LogP contribution in [0.3, 0.4) is 0 Å². The van der Waals surface area contributed by atoms with E-state index in [9.17, 15) is 18.7 Å². The largest absolute Gasteiger partial charge is 0.475 e. The van der Waals surface area contributed by atoms with Crippen LogP contribution >= 0.6 is 0 Å². The Bertz CT molecular complexity index is 1550. The maximum Gasteiger partial charge on any atom is 0.319 e. The number of fused-ring (bicyclic) bond motifs is 2. The number of nitrogens with one attached hydrogen (secondary N) is 3. The van der Waals surface area contributed by atoms with Crippen LogP contribution in [0, 0.1) is 24.6 Å². The van der Waals surface area contributed by atoms with Crippen LogP contribution in [0.5, 0.6) is 5.88 Å². The van der Waals surface area contributed by atoms with Crippen LogP contribution in [0.1, 0.15) is 24.8 Å². The van der Waals surface area contributed by atoms with Crippen LogP contribution in [0.15, 0.2) is 42.7 Å². The molecule has 0 spiro atoms. The Kier molecular flexibility index (Phi) is 6.38. The number of ether oxygens (including phenoxy) is 1. The number of aryl methyl sites for hydroxylation is 1. The van der Waals surface area contributed by atoms with Crippen molar-refractivity contribution in [3.63, 3.8) is 0 Å². The summed E-state index contributed by atoms with van der Waals surface area (Å²) in [6.45, 7) is 2.00. The third-order valence-electron chi connectivity index (χ3n) is 7.72. The Hall–Kier alpha value is -4.12. The number of rotatable bonds is 8. The van der Waals surface area contributed by atoms with E-state index in [-0.39, 0.29) is 30.7 Å². The van der Waals surface area contributed by atoms with Gasteiger partial charge in [0, 0.05) is 29.8 Å². The monoisotopic (exact) mass is 534 g/mol. The number of carbonyl (C=O) groups excluding carboxylic acids is 1. The zero-order chi connectivity index (χ0) is 27.1. The average molecular weight is 535 g/mol. The third kappa shape index (κ3) is 4.89. The SMILES string of the molecule is Cc1cc(F)c(NC(=O)NCC2CC3(F)CC2C3)cc1-c1cc(OCCO)nc(-c2ccnc3[nH]ncc23)c1. The molecule has 1 aromatic carbocycles. The van der Waals surface area contributed by atoms with Crippen LogP contribution in [0.25, 0.3) is 33.4 Å². The number of urea groups is 1. The second kappa shape index (κ2) is 9.88. The van der Waals surface area contributed by atoms with Gasteiger partial charge in [-0.05, 0) is 79.0 Å². The summed E-state index contributed by atoms with van der Waals surface area (Å²) in [4.78, 5) is 21.5. The lowest BCUT2D eigenvalue weighted by Gasteiger charge is -2.30. The lowest BCUT2D eigenvalue weighted by molar-refractivity contribution is 0.0739. The number of H-pyrrole nitrogens is 1. The van der Waals surface area contributed by atoms with E-state index in [1.807, 2.05) is 12.1 Å². The summed E-state index contributed by atoms with van der Waals surface area (Å²) < 4.78 is 34.7. The quantitative estimate of drug-likeness (QED) is 0.258. The third-order valence-corrected chi connectivity index (χ3v) is 7.72. The van der Waals surface area contributed by atoms with Gasteiger partial charge in [0.2, 0.25) is 5.88 Å². The predicted octanol–water partition coefficient (Wildman–Crippen LogP) is 4.77. The Morgan fingerprint density at radius 1 is 1.23 bits per heavy atom. The fraction of sp³-hybridized carbons (Fsp3) is 0.357. The molecule has 3 fully saturated rings. The van der Waals surface area contributed by atoms with Gasteiger partial charge in [-0.15, -0.1) is 0 Å². The minimum Gasteiger partial charge on any atom is -0.475 e. The first-order valence-corrected chi connectivity index (χ1v) is 12.9. The topological polar surface area (TPSA) is 125 Å². The van der Waals surface area contributed by atoms with Gasteiger partial charge >= 0.3 is 6.03 Å². The van der Waals surface area contributed by atoms with Crippen molar-refractivity contribution in [1.29, 1.82) is 0 Å². The second-order valence-electron chi connectivity index (χ2n) is 10.4. The average Bonchev–Trinajstić information content (AvgIpc) is 3.60. The summed E-state index contributed by atoms with van der Waals surface area (Å²) in [7, 11) is 0. The van der Waals surface area contributed by atoms with Crippen LogP contribution < -0.4 is 15.4 Å². The summed E-state index contributed by atoms with van der Waals surface area (Å²) in [6.07, 6.45) is 4.91. The molecule has 0 saturated heterocycles. The highest BCUT2D eigenvalue weighted by Gasteiger charge is 2.56. The minimum absolute atomic E-state index is 0.0168. The number of benzene rings is 1. The number of aliphatic hydroxyl groups excluding tert-OH is 1. The van der Waals surface area contributed by atoms with Crippen molar-refractivity contribution < 1.29 is 23.4 Å². The van der Waals surface area contributed by atoms with Gasteiger partial charge in [0.15, 0.2) is 5.65 Å². The maximum absolute atomic E-state index is 14.9. The van der Waals surface area contributed by atoms with Gasteiger partial charge in [-0.3, -0.25) is 5.10 Å². The van der Waals surface area contributed by atoms with E-state index in [1.54, 1.807) is 31.5 Å². The number of aromatic nitrogens is 4. The number of amides is 2. The number of alkyl halides is 1.